The minimum absolute atomic E-state index is 0.239. The van der Waals surface area contributed by atoms with Gasteiger partial charge in [0.15, 0.2) is 11.5 Å². The molecule has 1 heterocycles. The number of nitrogens with one attached hydrogen (secondary N) is 1. The Kier molecular flexibility index (Phi) is 9.12. The van der Waals surface area contributed by atoms with Crippen LogP contribution in [0.25, 0.3) is 5.69 Å². The lowest BCUT2D eigenvalue weighted by Gasteiger charge is -2.15. The van der Waals surface area contributed by atoms with Crippen molar-refractivity contribution in [3.63, 3.8) is 0 Å². The molecule has 1 N–H and O–H groups in total. The molecule has 0 atom stereocenters. The number of hydrogen-bond donors (Lipinski definition) is 1. The summed E-state index contributed by atoms with van der Waals surface area (Å²) in [5, 5.41) is 17.7. The second-order valence-electron chi connectivity index (χ2n) is 7.37. The second kappa shape index (κ2) is 12.5. The fourth-order valence-electron chi connectivity index (χ4n) is 3.25. The number of para-hydroxylation sites is 1. The molecule has 11 heteroatoms. The van der Waals surface area contributed by atoms with Crippen molar-refractivity contribution in [1.82, 2.24) is 25.5 Å². The first-order valence-corrected chi connectivity index (χ1v) is 12.8. The van der Waals surface area contributed by atoms with Crippen molar-refractivity contribution >= 4 is 46.6 Å². The maximum atomic E-state index is 6.51. The predicted octanol–water partition coefficient (Wildman–Crippen LogP) is 6.09. The fraction of sp³-hybridized carbons (Fsp3) is 0.208. The zero-order valence-corrected chi connectivity index (χ0v) is 21.8. The van der Waals surface area contributed by atoms with Crippen LogP contribution < -0.4 is 14.8 Å². The van der Waals surface area contributed by atoms with Crippen LogP contribution in [0, 0.1) is 0 Å². The van der Waals surface area contributed by atoms with Crippen molar-refractivity contribution < 1.29 is 9.47 Å². The van der Waals surface area contributed by atoms with Crippen LogP contribution >= 0.6 is 46.6 Å². The number of ether oxygens (including phenoxy) is 2. The smallest absolute Gasteiger partial charge is 0.214 e. The van der Waals surface area contributed by atoms with E-state index < -0.39 is 0 Å². The summed E-state index contributed by atoms with van der Waals surface area (Å²) >= 11 is 20.3. The third kappa shape index (κ3) is 6.80. The molecule has 0 spiro atoms. The van der Waals surface area contributed by atoms with Gasteiger partial charge in [0.05, 0.1) is 17.8 Å². The lowest BCUT2D eigenvalue weighted by molar-refractivity contribution is 0.284. The average molecular weight is 551 g/mol. The zero-order chi connectivity index (χ0) is 24.6. The van der Waals surface area contributed by atoms with E-state index in [4.69, 9.17) is 44.3 Å². The number of nitrogens with zero attached hydrogens (tertiary/aromatic N) is 4. The van der Waals surface area contributed by atoms with E-state index in [-0.39, 0.29) is 6.61 Å². The molecule has 7 nitrogen and oxygen atoms in total. The highest BCUT2D eigenvalue weighted by atomic mass is 35.5. The normalized spacial score (nSPS) is 11.0. The second-order valence-corrected chi connectivity index (χ2v) is 9.68. The van der Waals surface area contributed by atoms with Crippen molar-refractivity contribution in [1.29, 1.82) is 0 Å². The number of rotatable bonds is 11. The number of hydrogen-bond acceptors (Lipinski definition) is 7. The van der Waals surface area contributed by atoms with Crippen LogP contribution in [0.4, 0.5) is 0 Å². The maximum absolute atomic E-state index is 6.51. The van der Waals surface area contributed by atoms with Gasteiger partial charge >= 0.3 is 0 Å². The first-order chi connectivity index (χ1) is 17.0. The molecule has 0 saturated heterocycles. The summed E-state index contributed by atoms with van der Waals surface area (Å²) in [5.41, 5.74) is 2.70. The number of tetrazole rings is 1. The average Bonchev–Trinajstić information content (AvgIpc) is 3.33. The molecule has 1 aromatic heterocycles. The van der Waals surface area contributed by atoms with Gasteiger partial charge in [-0.25, -0.2) is 0 Å². The molecule has 0 fully saturated rings. The standard InChI is InChI=1S/C24H22Cl3N5O2S/c1-33-22-12-16(11-21(27)23(22)34-15-17-7-8-18(25)13-20(17)26)14-28-9-10-35-24-29-30-31-32(24)19-5-3-2-4-6-19/h2-8,11-13,28H,9-10,14-15H2,1H3. The first kappa shape index (κ1) is 25.6. The largest absolute Gasteiger partial charge is 0.493 e. The maximum Gasteiger partial charge on any atom is 0.214 e. The number of methoxy groups -OCH3 is 1. The Morgan fingerprint density at radius 3 is 2.60 bits per heavy atom. The van der Waals surface area contributed by atoms with E-state index >= 15 is 0 Å². The minimum Gasteiger partial charge on any atom is -0.493 e. The molecule has 0 saturated carbocycles. The molecule has 0 aliphatic rings. The van der Waals surface area contributed by atoms with Gasteiger partial charge in [0, 0.05) is 34.5 Å². The highest BCUT2D eigenvalue weighted by molar-refractivity contribution is 7.99. The van der Waals surface area contributed by atoms with Crippen LogP contribution in [-0.2, 0) is 13.2 Å². The number of halogens is 3. The summed E-state index contributed by atoms with van der Waals surface area (Å²) in [6.45, 7) is 1.60. The van der Waals surface area contributed by atoms with Crippen molar-refractivity contribution in [3.05, 3.63) is 86.9 Å². The Bertz CT molecular complexity index is 1270. The Morgan fingerprint density at radius 2 is 1.83 bits per heavy atom. The van der Waals surface area contributed by atoms with Gasteiger partial charge in [0.25, 0.3) is 0 Å². The van der Waals surface area contributed by atoms with Gasteiger partial charge in [-0.15, -0.1) is 5.10 Å². The Morgan fingerprint density at radius 1 is 1.00 bits per heavy atom. The van der Waals surface area contributed by atoms with Gasteiger partial charge in [-0.2, -0.15) is 4.68 Å². The van der Waals surface area contributed by atoms with Crippen molar-refractivity contribution in [3.8, 4) is 17.2 Å². The van der Waals surface area contributed by atoms with Gasteiger partial charge in [0.2, 0.25) is 5.16 Å². The monoisotopic (exact) mass is 549 g/mol. The van der Waals surface area contributed by atoms with E-state index in [9.17, 15) is 0 Å². The molecule has 4 aromatic rings. The van der Waals surface area contributed by atoms with Crippen molar-refractivity contribution in [2.24, 2.45) is 0 Å². The first-order valence-electron chi connectivity index (χ1n) is 10.7. The Labute approximate surface area is 222 Å². The summed E-state index contributed by atoms with van der Waals surface area (Å²) in [6.07, 6.45) is 0. The highest BCUT2D eigenvalue weighted by Crippen LogP contribution is 2.37. The van der Waals surface area contributed by atoms with Gasteiger partial charge in [-0.3, -0.25) is 0 Å². The zero-order valence-electron chi connectivity index (χ0n) is 18.7. The van der Waals surface area contributed by atoms with Gasteiger partial charge < -0.3 is 14.8 Å². The van der Waals surface area contributed by atoms with Crippen LogP contribution in [0.2, 0.25) is 15.1 Å². The van der Waals surface area contributed by atoms with Crippen LogP contribution in [0.15, 0.2) is 65.8 Å². The number of aromatic nitrogens is 4. The lowest BCUT2D eigenvalue weighted by Crippen LogP contribution is -2.17. The molecule has 0 aliphatic carbocycles. The summed E-state index contributed by atoms with van der Waals surface area (Å²) < 4.78 is 13.2. The van der Waals surface area contributed by atoms with E-state index in [1.807, 2.05) is 48.5 Å². The fourth-order valence-corrected chi connectivity index (χ4v) is 4.79. The molecule has 35 heavy (non-hydrogen) atoms. The molecule has 0 radical (unpaired) electrons. The third-order valence-electron chi connectivity index (χ3n) is 4.96. The summed E-state index contributed by atoms with van der Waals surface area (Å²) in [5.74, 6) is 1.81. The highest BCUT2D eigenvalue weighted by Gasteiger charge is 2.14. The van der Waals surface area contributed by atoms with Gasteiger partial charge in [-0.05, 0) is 52.4 Å². The van der Waals surface area contributed by atoms with Crippen molar-refractivity contribution in [2.45, 2.75) is 18.3 Å². The quantitative estimate of drug-likeness (QED) is 0.179. The lowest BCUT2D eigenvalue weighted by atomic mass is 10.2. The number of thioether (sulfide) groups is 1. The minimum atomic E-state index is 0.239. The Balaban J connectivity index is 1.30. The molecule has 182 valence electrons. The van der Waals surface area contributed by atoms with E-state index in [2.05, 4.69) is 20.8 Å². The van der Waals surface area contributed by atoms with Crippen LogP contribution in [0.5, 0.6) is 11.5 Å². The molecular formula is C24H22Cl3N5O2S. The molecule has 4 rings (SSSR count). The van der Waals surface area contributed by atoms with Crippen LogP contribution in [0.3, 0.4) is 0 Å². The predicted molar refractivity (Wildman–Crippen MR) is 140 cm³/mol. The molecule has 0 amide bonds. The van der Waals surface area contributed by atoms with Crippen molar-refractivity contribution in [2.75, 3.05) is 19.4 Å². The third-order valence-corrected chi connectivity index (χ3v) is 6.75. The molecular weight excluding hydrogens is 529 g/mol. The number of benzene rings is 3. The van der Waals surface area contributed by atoms with Gasteiger partial charge in [0.1, 0.15) is 6.61 Å². The van der Waals surface area contributed by atoms with E-state index in [0.29, 0.717) is 33.1 Å². The molecule has 0 aliphatic heterocycles. The SMILES string of the molecule is COc1cc(CNCCSc2nnnn2-c2ccccc2)cc(Cl)c1OCc1ccc(Cl)cc1Cl. The summed E-state index contributed by atoms with van der Waals surface area (Å²) in [6, 6.07) is 18.8. The topological polar surface area (TPSA) is 74.1 Å². The Hall–Kier alpha value is -2.49. The molecule has 0 unspecified atom stereocenters. The van der Waals surface area contributed by atoms with Crippen LogP contribution in [-0.4, -0.2) is 39.6 Å². The van der Waals surface area contributed by atoms with E-state index in [1.54, 1.807) is 35.7 Å². The summed E-state index contributed by atoms with van der Waals surface area (Å²) in [7, 11) is 1.58. The molecule has 0 bridgehead atoms. The van der Waals surface area contributed by atoms with Gasteiger partial charge in [-0.1, -0.05) is 70.8 Å². The molecule has 3 aromatic carbocycles. The van der Waals surface area contributed by atoms with E-state index in [1.165, 1.54) is 0 Å². The van der Waals surface area contributed by atoms with E-state index in [0.717, 1.165) is 34.3 Å². The summed E-state index contributed by atoms with van der Waals surface area (Å²) in [4.78, 5) is 0. The van der Waals surface area contributed by atoms with Crippen LogP contribution in [0.1, 0.15) is 11.1 Å².